The molecule has 0 bridgehead atoms. The lowest BCUT2D eigenvalue weighted by Crippen LogP contribution is -2.10. The van der Waals surface area contributed by atoms with E-state index in [1.54, 1.807) is 4.68 Å². The Bertz CT molecular complexity index is 519. The number of ketones is 1. The van der Waals surface area contributed by atoms with Gasteiger partial charge in [0.1, 0.15) is 18.0 Å². The van der Waals surface area contributed by atoms with Crippen LogP contribution in [0.3, 0.4) is 0 Å². The van der Waals surface area contributed by atoms with Gasteiger partial charge < -0.3 is 0 Å². The molecule has 0 aliphatic carbocycles. The van der Waals surface area contributed by atoms with E-state index in [-0.39, 0.29) is 18.0 Å². The molecular weight excluding hydrogens is 221 g/mol. The number of benzene rings is 1. The number of aromatic nitrogens is 3. The van der Waals surface area contributed by atoms with Crippen LogP contribution in [0, 0.1) is 5.82 Å². The SMILES string of the molecule is CCn1ncnc1CC(=O)c1ccc(F)cc1. The maximum absolute atomic E-state index is 12.7. The minimum Gasteiger partial charge on any atom is -0.294 e. The Morgan fingerprint density at radius 2 is 2.06 bits per heavy atom. The van der Waals surface area contributed by atoms with Gasteiger partial charge in [-0.1, -0.05) is 0 Å². The third kappa shape index (κ3) is 2.55. The summed E-state index contributed by atoms with van der Waals surface area (Å²) in [6, 6.07) is 5.50. The zero-order chi connectivity index (χ0) is 12.3. The molecule has 0 spiro atoms. The van der Waals surface area contributed by atoms with Crippen LogP contribution in [0.15, 0.2) is 30.6 Å². The van der Waals surface area contributed by atoms with E-state index in [9.17, 15) is 9.18 Å². The van der Waals surface area contributed by atoms with E-state index in [0.717, 1.165) is 0 Å². The van der Waals surface area contributed by atoms with E-state index in [4.69, 9.17) is 0 Å². The Balaban J connectivity index is 2.14. The largest absolute Gasteiger partial charge is 0.294 e. The van der Waals surface area contributed by atoms with E-state index in [1.165, 1.54) is 30.6 Å². The second-order valence-corrected chi connectivity index (χ2v) is 3.60. The summed E-state index contributed by atoms with van der Waals surface area (Å²) in [7, 11) is 0. The minimum absolute atomic E-state index is 0.0901. The van der Waals surface area contributed by atoms with Gasteiger partial charge in [0, 0.05) is 12.1 Å². The summed E-state index contributed by atoms with van der Waals surface area (Å²) in [5.41, 5.74) is 0.483. The molecule has 0 saturated carbocycles. The highest BCUT2D eigenvalue weighted by molar-refractivity contribution is 5.97. The smallest absolute Gasteiger partial charge is 0.170 e. The number of hydrogen-bond acceptors (Lipinski definition) is 3. The molecule has 0 aliphatic rings. The van der Waals surface area contributed by atoms with Gasteiger partial charge in [-0.25, -0.2) is 14.1 Å². The van der Waals surface area contributed by atoms with Crippen molar-refractivity contribution >= 4 is 5.78 Å². The molecule has 2 rings (SSSR count). The van der Waals surface area contributed by atoms with Crippen LogP contribution >= 0.6 is 0 Å². The maximum atomic E-state index is 12.7. The van der Waals surface area contributed by atoms with Crippen LogP contribution < -0.4 is 0 Å². The van der Waals surface area contributed by atoms with Crippen LogP contribution in [0.4, 0.5) is 4.39 Å². The average Bonchev–Trinajstić information content (AvgIpc) is 2.77. The monoisotopic (exact) mass is 233 g/mol. The molecule has 17 heavy (non-hydrogen) atoms. The molecule has 4 nitrogen and oxygen atoms in total. The fraction of sp³-hybridized carbons (Fsp3) is 0.250. The lowest BCUT2D eigenvalue weighted by molar-refractivity contribution is 0.0989. The highest BCUT2D eigenvalue weighted by atomic mass is 19.1. The molecule has 0 amide bonds. The van der Waals surface area contributed by atoms with Crippen molar-refractivity contribution in [3.63, 3.8) is 0 Å². The molecule has 0 fully saturated rings. The van der Waals surface area contributed by atoms with Crippen LogP contribution in [0.5, 0.6) is 0 Å². The Kier molecular flexibility index (Phi) is 3.27. The number of halogens is 1. The topological polar surface area (TPSA) is 47.8 Å². The van der Waals surface area contributed by atoms with E-state index >= 15 is 0 Å². The molecule has 1 aromatic heterocycles. The molecule has 0 unspecified atom stereocenters. The highest BCUT2D eigenvalue weighted by Gasteiger charge is 2.11. The van der Waals surface area contributed by atoms with Crippen molar-refractivity contribution in [1.29, 1.82) is 0 Å². The predicted molar refractivity (Wildman–Crippen MR) is 60.1 cm³/mol. The third-order valence-corrected chi connectivity index (χ3v) is 2.48. The average molecular weight is 233 g/mol. The number of Topliss-reactive ketones (excluding diaryl/α,β-unsaturated/α-hetero) is 1. The Labute approximate surface area is 98.1 Å². The first-order valence-corrected chi connectivity index (χ1v) is 5.36. The van der Waals surface area contributed by atoms with Crippen LogP contribution in [0.1, 0.15) is 23.1 Å². The second kappa shape index (κ2) is 4.86. The summed E-state index contributed by atoms with van der Waals surface area (Å²) in [5, 5.41) is 3.99. The quantitative estimate of drug-likeness (QED) is 0.757. The molecule has 0 aliphatic heterocycles. The summed E-state index contributed by atoms with van der Waals surface area (Å²) in [5.74, 6) is 0.188. The molecule has 0 N–H and O–H groups in total. The van der Waals surface area contributed by atoms with E-state index in [2.05, 4.69) is 10.1 Å². The van der Waals surface area contributed by atoms with Crippen molar-refractivity contribution in [2.45, 2.75) is 19.9 Å². The van der Waals surface area contributed by atoms with Crippen LogP contribution in [-0.2, 0) is 13.0 Å². The Morgan fingerprint density at radius 1 is 1.35 bits per heavy atom. The number of aryl methyl sites for hydroxylation is 1. The zero-order valence-electron chi connectivity index (χ0n) is 9.43. The minimum atomic E-state index is -0.349. The van der Waals surface area contributed by atoms with Crippen LogP contribution in [-0.4, -0.2) is 20.5 Å². The van der Waals surface area contributed by atoms with Gasteiger partial charge in [0.05, 0.1) is 6.42 Å². The number of carbonyl (C=O) groups is 1. The predicted octanol–water partition coefficient (Wildman–Crippen LogP) is 1.86. The van der Waals surface area contributed by atoms with Crippen molar-refractivity contribution in [1.82, 2.24) is 14.8 Å². The number of nitrogens with zero attached hydrogens (tertiary/aromatic N) is 3. The van der Waals surface area contributed by atoms with Crippen molar-refractivity contribution < 1.29 is 9.18 Å². The van der Waals surface area contributed by atoms with Gasteiger partial charge in [-0.15, -0.1) is 0 Å². The molecule has 1 heterocycles. The standard InChI is InChI=1S/C12H12FN3O/c1-2-16-12(14-8-15-16)7-11(17)9-3-5-10(13)6-4-9/h3-6,8H,2,7H2,1H3. The van der Waals surface area contributed by atoms with Gasteiger partial charge >= 0.3 is 0 Å². The summed E-state index contributed by atoms with van der Waals surface area (Å²) in [6.45, 7) is 2.60. The summed E-state index contributed by atoms with van der Waals surface area (Å²) in [4.78, 5) is 15.9. The lowest BCUT2D eigenvalue weighted by atomic mass is 10.1. The van der Waals surface area contributed by atoms with Gasteiger partial charge in [-0.05, 0) is 31.2 Å². The Hall–Kier alpha value is -2.04. The van der Waals surface area contributed by atoms with Crippen molar-refractivity contribution in [3.8, 4) is 0 Å². The number of carbonyl (C=O) groups excluding carboxylic acids is 1. The van der Waals surface area contributed by atoms with Gasteiger partial charge in [-0.2, -0.15) is 5.10 Å². The Morgan fingerprint density at radius 3 is 2.71 bits per heavy atom. The van der Waals surface area contributed by atoms with Crippen molar-refractivity contribution in [3.05, 3.63) is 47.8 Å². The number of rotatable bonds is 4. The second-order valence-electron chi connectivity index (χ2n) is 3.60. The van der Waals surface area contributed by atoms with Crippen molar-refractivity contribution in [2.75, 3.05) is 0 Å². The van der Waals surface area contributed by atoms with Crippen molar-refractivity contribution in [2.24, 2.45) is 0 Å². The normalized spacial score (nSPS) is 10.5. The summed E-state index contributed by atoms with van der Waals surface area (Å²) < 4.78 is 14.4. The van der Waals surface area contributed by atoms with E-state index in [0.29, 0.717) is 17.9 Å². The van der Waals surface area contributed by atoms with Gasteiger partial charge in [0.15, 0.2) is 5.78 Å². The van der Waals surface area contributed by atoms with Crippen LogP contribution in [0.25, 0.3) is 0 Å². The highest BCUT2D eigenvalue weighted by Crippen LogP contribution is 2.07. The molecule has 0 atom stereocenters. The third-order valence-electron chi connectivity index (χ3n) is 2.48. The van der Waals surface area contributed by atoms with Gasteiger partial charge in [-0.3, -0.25) is 4.79 Å². The molecule has 2 aromatic rings. The molecule has 1 aromatic carbocycles. The zero-order valence-corrected chi connectivity index (χ0v) is 9.43. The summed E-state index contributed by atoms with van der Waals surface area (Å²) >= 11 is 0. The molecule has 0 radical (unpaired) electrons. The fourth-order valence-electron chi connectivity index (χ4n) is 1.57. The van der Waals surface area contributed by atoms with Crippen LogP contribution in [0.2, 0.25) is 0 Å². The molecular formula is C12H12FN3O. The lowest BCUT2D eigenvalue weighted by Gasteiger charge is -2.02. The number of hydrogen-bond donors (Lipinski definition) is 0. The van der Waals surface area contributed by atoms with E-state index in [1.807, 2.05) is 6.92 Å². The maximum Gasteiger partial charge on any atom is 0.170 e. The molecule has 88 valence electrons. The summed E-state index contributed by atoms with van der Waals surface area (Å²) in [6.07, 6.45) is 1.61. The van der Waals surface area contributed by atoms with Gasteiger partial charge in [0.25, 0.3) is 0 Å². The first-order valence-electron chi connectivity index (χ1n) is 5.36. The molecule has 0 saturated heterocycles. The van der Waals surface area contributed by atoms with E-state index < -0.39 is 0 Å². The first-order chi connectivity index (χ1) is 8.20. The fourth-order valence-corrected chi connectivity index (χ4v) is 1.57. The first kappa shape index (κ1) is 11.4. The molecule has 5 heteroatoms. The van der Waals surface area contributed by atoms with Gasteiger partial charge in [0.2, 0.25) is 0 Å².